The zero-order valence-electron chi connectivity index (χ0n) is 16.8. The van der Waals surface area contributed by atoms with Crippen molar-refractivity contribution < 1.29 is 21.8 Å². The van der Waals surface area contributed by atoms with Gasteiger partial charge in [-0.3, -0.25) is 4.79 Å². The number of rotatable bonds is 6. The number of nitrogens with one attached hydrogen (secondary N) is 1. The fourth-order valence-corrected chi connectivity index (χ4v) is 4.60. The van der Waals surface area contributed by atoms with Gasteiger partial charge in [-0.2, -0.15) is 4.57 Å². The van der Waals surface area contributed by atoms with Crippen molar-refractivity contribution in [2.24, 2.45) is 5.73 Å². The molecule has 4 rings (SSSR count). The lowest BCUT2D eigenvalue weighted by atomic mass is 10.1. The van der Waals surface area contributed by atoms with E-state index in [0.29, 0.717) is 19.6 Å². The Bertz CT molecular complexity index is 1090. The number of hydrogen-bond donors (Lipinski definition) is 2. The van der Waals surface area contributed by atoms with Crippen LogP contribution in [-0.2, 0) is 11.3 Å². The minimum absolute atomic E-state index is 0. The van der Waals surface area contributed by atoms with E-state index in [1.165, 1.54) is 15.6 Å². The Morgan fingerprint density at radius 3 is 2.73 bits per heavy atom. The van der Waals surface area contributed by atoms with E-state index in [1.807, 2.05) is 22.9 Å². The van der Waals surface area contributed by atoms with Crippen LogP contribution in [0.4, 0.5) is 5.69 Å². The Morgan fingerprint density at radius 1 is 1.17 bits per heavy atom. The number of halogens is 1. The number of carbonyl (C=O) groups excluding carboxylic acids is 1. The van der Waals surface area contributed by atoms with Crippen LogP contribution in [0.25, 0.3) is 17.0 Å². The van der Waals surface area contributed by atoms with E-state index in [1.54, 1.807) is 11.8 Å². The highest BCUT2D eigenvalue weighted by atomic mass is 35.5. The van der Waals surface area contributed by atoms with Crippen molar-refractivity contribution in [1.29, 1.82) is 0 Å². The summed E-state index contributed by atoms with van der Waals surface area (Å²) in [6, 6.07) is 18.7. The van der Waals surface area contributed by atoms with Crippen LogP contribution in [0, 0.1) is 0 Å². The molecule has 0 unspecified atom stereocenters. The minimum Gasteiger partial charge on any atom is -1.00 e. The van der Waals surface area contributed by atoms with Crippen LogP contribution in [-0.4, -0.2) is 26.0 Å². The van der Waals surface area contributed by atoms with Gasteiger partial charge in [0.15, 0.2) is 6.20 Å². The first-order valence-corrected chi connectivity index (χ1v) is 10.6. The molecule has 0 saturated carbocycles. The lowest BCUT2D eigenvalue weighted by molar-refractivity contribution is -0.658. The predicted molar refractivity (Wildman–Crippen MR) is 120 cm³/mol. The molecule has 5 nitrogen and oxygen atoms in total. The van der Waals surface area contributed by atoms with Crippen molar-refractivity contribution >= 4 is 40.3 Å². The van der Waals surface area contributed by atoms with E-state index >= 15 is 0 Å². The van der Waals surface area contributed by atoms with Gasteiger partial charge >= 0.3 is 0 Å². The number of anilines is 1. The van der Waals surface area contributed by atoms with E-state index in [2.05, 4.69) is 65.8 Å². The van der Waals surface area contributed by atoms with Crippen LogP contribution in [0.15, 0.2) is 70.7 Å². The number of para-hydroxylation sites is 2. The standard InChI is InChI=1S/C23H24N4OS.ClH/c1-26-20-9-4-5-10-21(20)29-23(26)15-17-11-14-27(16-22(28)25-13-6-12-24)19-8-3-2-7-18(17)19;/h2-5,7-11,14-15H,6,12-13,16,24H2,1H3;1H. The van der Waals surface area contributed by atoms with Crippen LogP contribution >= 0.6 is 11.8 Å². The first kappa shape index (κ1) is 22.2. The van der Waals surface area contributed by atoms with E-state index < -0.39 is 0 Å². The summed E-state index contributed by atoms with van der Waals surface area (Å²) in [7, 11) is 2.10. The molecule has 3 aromatic rings. The number of nitrogens with two attached hydrogens (primary N) is 1. The first-order chi connectivity index (χ1) is 14.2. The number of carbonyl (C=O) groups is 1. The van der Waals surface area contributed by atoms with Gasteiger partial charge in [0.2, 0.25) is 12.1 Å². The van der Waals surface area contributed by atoms with Gasteiger partial charge in [-0.25, -0.2) is 0 Å². The van der Waals surface area contributed by atoms with Gasteiger partial charge in [0, 0.05) is 30.6 Å². The molecule has 0 atom stereocenters. The molecule has 0 spiro atoms. The molecule has 0 fully saturated rings. The molecular weight excluding hydrogens is 416 g/mol. The summed E-state index contributed by atoms with van der Waals surface area (Å²) in [6.07, 6.45) is 5.00. The molecule has 0 saturated heterocycles. The number of amides is 1. The number of hydrogen-bond acceptors (Lipinski definition) is 4. The Morgan fingerprint density at radius 2 is 1.93 bits per heavy atom. The normalized spacial score (nSPS) is 13.9. The highest BCUT2D eigenvalue weighted by molar-refractivity contribution is 8.03. The third-order valence-corrected chi connectivity index (χ3v) is 6.19. The Balaban J connectivity index is 0.00000256. The summed E-state index contributed by atoms with van der Waals surface area (Å²) in [5, 5.41) is 5.24. The maximum absolute atomic E-state index is 12.3. The number of nitrogens with zero attached hydrogens (tertiary/aromatic N) is 2. The number of aromatic nitrogens is 1. The van der Waals surface area contributed by atoms with Crippen molar-refractivity contribution in [3.05, 3.63) is 71.4 Å². The average Bonchev–Trinajstić information content (AvgIpc) is 3.06. The molecule has 0 radical (unpaired) electrons. The van der Waals surface area contributed by atoms with E-state index in [-0.39, 0.29) is 18.3 Å². The number of pyridine rings is 1. The SMILES string of the molecule is CN1/C(=C/c2cc[n+](CC(=O)NCCCN)c3ccccc23)Sc2ccccc21.[Cl-]. The lowest BCUT2D eigenvalue weighted by Gasteiger charge is -2.13. The van der Waals surface area contributed by atoms with Gasteiger partial charge in [0.1, 0.15) is 0 Å². The highest BCUT2D eigenvalue weighted by Gasteiger charge is 2.22. The predicted octanol–water partition coefficient (Wildman–Crippen LogP) is 0.137. The maximum atomic E-state index is 12.3. The van der Waals surface area contributed by atoms with Crippen LogP contribution in [0.1, 0.15) is 12.0 Å². The topological polar surface area (TPSA) is 62.2 Å². The zero-order valence-corrected chi connectivity index (χ0v) is 18.4. The Hall–Kier alpha value is -2.54. The smallest absolute Gasteiger partial charge is 0.286 e. The Kier molecular flexibility index (Phi) is 7.37. The van der Waals surface area contributed by atoms with Gasteiger partial charge in [-0.15, -0.1) is 0 Å². The summed E-state index contributed by atoms with van der Waals surface area (Å²) in [5.74, 6) is 0.00115. The second kappa shape index (κ2) is 9.98. The molecule has 1 aromatic heterocycles. The van der Waals surface area contributed by atoms with Crippen LogP contribution in [0.2, 0.25) is 0 Å². The summed E-state index contributed by atoms with van der Waals surface area (Å²) in [6.45, 7) is 1.49. The fraction of sp³-hybridized carbons (Fsp3) is 0.217. The zero-order chi connectivity index (χ0) is 20.2. The van der Waals surface area contributed by atoms with Crippen LogP contribution in [0.5, 0.6) is 0 Å². The van der Waals surface area contributed by atoms with E-state index in [9.17, 15) is 4.79 Å². The Labute approximate surface area is 187 Å². The van der Waals surface area contributed by atoms with Crippen LogP contribution in [0.3, 0.4) is 0 Å². The molecule has 0 bridgehead atoms. The molecule has 7 heteroatoms. The van der Waals surface area contributed by atoms with E-state index in [4.69, 9.17) is 5.73 Å². The molecule has 3 N–H and O–H groups in total. The van der Waals surface area contributed by atoms with Crippen molar-refractivity contribution in [3.63, 3.8) is 0 Å². The second-order valence-electron chi connectivity index (χ2n) is 7.02. The van der Waals surface area contributed by atoms with Crippen molar-refractivity contribution in [2.45, 2.75) is 17.9 Å². The van der Waals surface area contributed by atoms with Crippen molar-refractivity contribution in [3.8, 4) is 0 Å². The fourth-order valence-electron chi connectivity index (χ4n) is 3.49. The van der Waals surface area contributed by atoms with Gasteiger partial charge in [-0.1, -0.05) is 36.0 Å². The molecule has 0 aliphatic carbocycles. The largest absolute Gasteiger partial charge is 1.00 e. The summed E-state index contributed by atoms with van der Waals surface area (Å²) in [4.78, 5) is 15.8. The molecule has 1 aliphatic rings. The number of benzene rings is 2. The highest BCUT2D eigenvalue weighted by Crippen LogP contribution is 2.45. The molecule has 2 aromatic carbocycles. The minimum atomic E-state index is 0. The van der Waals surface area contributed by atoms with Gasteiger partial charge in [-0.05, 0) is 42.8 Å². The lowest BCUT2D eigenvalue weighted by Crippen LogP contribution is -3.00. The summed E-state index contributed by atoms with van der Waals surface area (Å²) in [5.41, 5.74) is 8.91. The molecule has 1 aliphatic heterocycles. The van der Waals surface area contributed by atoms with Crippen molar-refractivity contribution in [1.82, 2.24) is 5.32 Å². The number of fused-ring (bicyclic) bond motifs is 2. The van der Waals surface area contributed by atoms with Crippen molar-refractivity contribution in [2.75, 3.05) is 25.0 Å². The average molecular weight is 441 g/mol. The summed E-state index contributed by atoms with van der Waals surface area (Å²) >= 11 is 1.78. The monoisotopic (exact) mass is 440 g/mol. The van der Waals surface area contributed by atoms with Gasteiger partial charge < -0.3 is 28.4 Å². The third-order valence-electron chi connectivity index (χ3n) is 5.03. The van der Waals surface area contributed by atoms with Crippen LogP contribution < -0.4 is 32.9 Å². The second-order valence-corrected chi connectivity index (χ2v) is 8.08. The molecule has 156 valence electrons. The molecular formula is C23H25ClN4OS. The molecule has 2 heterocycles. The molecule has 30 heavy (non-hydrogen) atoms. The van der Waals surface area contributed by atoms with Gasteiger partial charge in [0.05, 0.1) is 16.1 Å². The van der Waals surface area contributed by atoms with Gasteiger partial charge in [0.25, 0.3) is 5.91 Å². The maximum Gasteiger partial charge on any atom is 0.286 e. The first-order valence-electron chi connectivity index (χ1n) is 9.77. The van der Waals surface area contributed by atoms with E-state index in [0.717, 1.165) is 22.9 Å². The molecule has 1 amide bonds. The third kappa shape index (κ3) is 4.61. The number of thioether (sulfide) groups is 1. The summed E-state index contributed by atoms with van der Waals surface area (Å²) < 4.78 is 2.00. The quantitative estimate of drug-likeness (QED) is 0.423.